The number of carboxylic acids is 1. The summed E-state index contributed by atoms with van der Waals surface area (Å²) >= 11 is 3.38. The van der Waals surface area contributed by atoms with Crippen molar-refractivity contribution in [3.63, 3.8) is 0 Å². The van der Waals surface area contributed by atoms with E-state index in [0.29, 0.717) is 6.42 Å². The minimum absolute atomic E-state index is 0.205. The van der Waals surface area contributed by atoms with Gasteiger partial charge in [-0.25, -0.2) is 9.59 Å². The number of carbonyl (C=O) groups excluding carboxylic acids is 1. The van der Waals surface area contributed by atoms with Gasteiger partial charge in [0.15, 0.2) is 0 Å². The van der Waals surface area contributed by atoms with Crippen LogP contribution in [0.5, 0.6) is 0 Å². The van der Waals surface area contributed by atoms with Gasteiger partial charge in [-0.3, -0.25) is 0 Å². The number of amides is 2. The highest BCUT2D eigenvalue weighted by Crippen LogP contribution is 2.17. The molecular weight excluding hydrogens is 336 g/mol. The van der Waals surface area contributed by atoms with Crippen molar-refractivity contribution >= 4 is 27.9 Å². The molecule has 0 heterocycles. The van der Waals surface area contributed by atoms with Gasteiger partial charge in [0.25, 0.3) is 0 Å². The van der Waals surface area contributed by atoms with Crippen LogP contribution in [-0.2, 0) is 4.79 Å². The van der Waals surface area contributed by atoms with Gasteiger partial charge < -0.3 is 15.7 Å². The smallest absolute Gasteiger partial charge is 0.326 e. The zero-order chi connectivity index (χ0) is 15.8. The van der Waals surface area contributed by atoms with Crippen molar-refractivity contribution in [2.75, 3.05) is 0 Å². The molecule has 0 saturated heterocycles. The summed E-state index contributed by atoms with van der Waals surface area (Å²) in [5.74, 6) is -1.01. The van der Waals surface area contributed by atoms with Gasteiger partial charge in [-0.15, -0.1) is 0 Å². The number of aliphatic carboxylic acids is 1. The normalized spacial score (nSPS) is 13.3. The monoisotopic (exact) mass is 356 g/mol. The van der Waals surface area contributed by atoms with E-state index in [0.717, 1.165) is 22.9 Å². The van der Waals surface area contributed by atoms with Crippen LogP contribution in [0.3, 0.4) is 0 Å². The average molecular weight is 357 g/mol. The second-order valence-corrected chi connectivity index (χ2v) is 5.84. The average Bonchev–Trinajstić information content (AvgIpc) is 2.43. The summed E-state index contributed by atoms with van der Waals surface area (Å²) in [4.78, 5) is 23.0. The molecule has 0 aliphatic heterocycles. The first-order valence-corrected chi connectivity index (χ1v) is 7.78. The van der Waals surface area contributed by atoms with Crippen LogP contribution >= 0.6 is 15.9 Å². The topological polar surface area (TPSA) is 78.4 Å². The van der Waals surface area contributed by atoms with E-state index in [9.17, 15) is 9.59 Å². The summed E-state index contributed by atoms with van der Waals surface area (Å²) in [6.45, 7) is 3.83. The molecular formula is C15H21BrN2O3. The number of rotatable bonds is 7. The predicted molar refractivity (Wildman–Crippen MR) is 85.2 cm³/mol. The fourth-order valence-electron chi connectivity index (χ4n) is 1.92. The fraction of sp³-hybridized carbons (Fsp3) is 0.467. The SMILES string of the molecule is CCCCC(NC(=O)NC(C)c1cccc(Br)c1)C(=O)O. The lowest BCUT2D eigenvalue weighted by atomic mass is 10.1. The van der Waals surface area contributed by atoms with Crippen LogP contribution in [0.25, 0.3) is 0 Å². The van der Waals surface area contributed by atoms with Crippen LogP contribution in [0.4, 0.5) is 4.79 Å². The zero-order valence-electron chi connectivity index (χ0n) is 12.2. The Labute approximate surface area is 133 Å². The molecule has 1 rings (SSSR count). The molecule has 2 unspecified atom stereocenters. The molecule has 0 fully saturated rings. The van der Waals surface area contributed by atoms with Crippen LogP contribution in [0.15, 0.2) is 28.7 Å². The summed E-state index contributed by atoms with van der Waals surface area (Å²) < 4.78 is 0.931. The van der Waals surface area contributed by atoms with E-state index in [2.05, 4.69) is 26.6 Å². The number of hydrogen-bond acceptors (Lipinski definition) is 2. The Bertz CT molecular complexity index is 494. The van der Waals surface area contributed by atoms with E-state index in [-0.39, 0.29) is 6.04 Å². The van der Waals surface area contributed by atoms with Gasteiger partial charge in [0.2, 0.25) is 0 Å². The Morgan fingerprint density at radius 3 is 2.62 bits per heavy atom. The lowest BCUT2D eigenvalue weighted by molar-refractivity contribution is -0.139. The first kappa shape index (κ1) is 17.5. The van der Waals surface area contributed by atoms with E-state index in [1.807, 2.05) is 38.1 Å². The maximum atomic E-state index is 11.9. The largest absolute Gasteiger partial charge is 0.480 e. The Kier molecular flexibility index (Phi) is 7.22. The molecule has 5 nitrogen and oxygen atoms in total. The van der Waals surface area contributed by atoms with Gasteiger partial charge in [0.05, 0.1) is 6.04 Å². The molecule has 21 heavy (non-hydrogen) atoms. The molecule has 0 saturated carbocycles. The summed E-state index contributed by atoms with van der Waals surface area (Å²) in [5, 5.41) is 14.3. The van der Waals surface area contributed by atoms with Crippen molar-refractivity contribution in [3.8, 4) is 0 Å². The number of hydrogen-bond donors (Lipinski definition) is 3. The minimum Gasteiger partial charge on any atom is -0.480 e. The lowest BCUT2D eigenvalue weighted by Gasteiger charge is -2.18. The number of carbonyl (C=O) groups is 2. The Hall–Kier alpha value is -1.56. The molecule has 1 aromatic carbocycles. The molecule has 116 valence electrons. The molecule has 0 aliphatic carbocycles. The summed E-state index contributed by atoms with van der Waals surface area (Å²) in [5.41, 5.74) is 0.944. The highest BCUT2D eigenvalue weighted by Gasteiger charge is 2.20. The number of benzene rings is 1. The summed E-state index contributed by atoms with van der Waals surface area (Å²) in [6, 6.07) is 6.09. The van der Waals surface area contributed by atoms with Gasteiger partial charge in [0, 0.05) is 4.47 Å². The van der Waals surface area contributed by atoms with E-state index in [1.54, 1.807) is 0 Å². The van der Waals surface area contributed by atoms with E-state index < -0.39 is 18.0 Å². The molecule has 2 atom stereocenters. The van der Waals surface area contributed by atoms with E-state index >= 15 is 0 Å². The number of halogens is 1. The highest BCUT2D eigenvalue weighted by molar-refractivity contribution is 9.10. The third kappa shape index (κ3) is 6.16. The number of nitrogens with one attached hydrogen (secondary N) is 2. The second-order valence-electron chi connectivity index (χ2n) is 4.93. The highest BCUT2D eigenvalue weighted by atomic mass is 79.9. The van der Waals surface area contributed by atoms with Crippen LogP contribution in [0.2, 0.25) is 0 Å². The van der Waals surface area contributed by atoms with Crippen LogP contribution < -0.4 is 10.6 Å². The fourth-order valence-corrected chi connectivity index (χ4v) is 2.34. The van der Waals surface area contributed by atoms with Crippen molar-refractivity contribution in [1.29, 1.82) is 0 Å². The maximum Gasteiger partial charge on any atom is 0.326 e. The Balaban J connectivity index is 2.57. The lowest BCUT2D eigenvalue weighted by Crippen LogP contribution is -2.46. The van der Waals surface area contributed by atoms with Crippen molar-refractivity contribution in [3.05, 3.63) is 34.3 Å². The number of unbranched alkanes of at least 4 members (excludes halogenated alkanes) is 1. The van der Waals surface area contributed by atoms with Gasteiger partial charge in [-0.05, 0) is 31.0 Å². The van der Waals surface area contributed by atoms with Crippen molar-refractivity contribution in [2.45, 2.75) is 45.2 Å². The van der Waals surface area contributed by atoms with Crippen LogP contribution in [-0.4, -0.2) is 23.1 Å². The quantitative estimate of drug-likeness (QED) is 0.699. The van der Waals surface area contributed by atoms with Gasteiger partial charge in [0.1, 0.15) is 6.04 Å². The zero-order valence-corrected chi connectivity index (χ0v) is 13.8. The van der Waals surface area contributed by atoms with Crippen LogP contribution in [0, 0.1) is 0 Å². The standard InChI is InChI=1S/C15H21BrN2O3/c1-3-4-8-13(14(19)20)18-15(21)17-10(2)11-6-5-7-12(16)9-11/h5-7,9-10,13H,3-4,8H2,1-2H3,(H,19,20)(H2,17,18,21). The van der Waals surface area contributed by atoms with Crippen LogP contribution in [0.1, 0.15) is 44.7 Å². The van der Waals surface area contributed by atoms with Gasteiger partial charge >= 0.3 is 12.0 Å². The Morgan fingerprint density at radius 2 is 2.05 bits per heavy atom. The minimum atomic E-state index is -1.01. The van der Waals surface area contributed by atoms with Crippen molar-refractivity contribution in [2.24, 2.45) is 0 Å². The van der Waals surface area contributed by atoms with Gasteiger partial charge in [-0.2, -0.15) is 0 Å². The third-order valence-electron chi connectivity index (χ3n) is 3.15. The molecule has 0 aliphatic rings. The molecule has 6 heteroatoms. The number of urea groups is 1. The summed E-state index contributed by atoms with van der Waals surface area (Å²) in [6.07, 6.45) is 2.09. The molecule has 1 aromatic rings. The molecule has 0 radical (unpaired) electrons. The van der Waals surface area contributed by atoms with Gasteiger partial charge in [-0.1, -0.05) is 47.8 Å². The maximum absolute atomic E-state index is 11.9. The second kappa shape index (κ2) is 8.67. The molecule has 0 aromatic heterocycles. The molecule has 2 amide bonds. The van der Waals surface area contributed by atoms with E-state index in [4.69, 9.17) is 5.11 Å². The molecule has 3 N–H and O–H groups in total. The third-order valence-corrected chi connectivity index (χ3v) is 3.64. The number of carboxylic acid groups (broad SMARTS) is 1. The first-order chi connectivity index (χ1) is 9.93. The van der Waals surface area contributed by atoms with Crippen molar-refractivity contribution in [1.82, 2.24) is 10.6 Å². The van der Waals surface area contributed by atoms with Crippen molar-refractivity contribution < 1.29 is 14.7 Å². The molecule has 0 spiro atoms. The predicted octanol–water partition coefficient (Wildman–Crippen LogP) is 3.45. The van der Waals surface area contributed by atoms with E-state index in [1.165, 1.54) is 0 Å². The first-order valence-electron chi connectivity index (χ1n) is 6.99. The summed E-state index contributed by atoms with van der Waals surface area (Å²) in [7, 11) is 0. The Morgan fingerprint density at radius 1 is 1.33 bits per heavy atom. The molecule has 0 bridgehead atoms.